The van der Waals surface area contributed by atoms with E-state index >= 15 is 0 Å². The van der Waals surface area contributed by atoms with Gasteiger partial charge in [-0.3, -0.25) is 5.43 Å². The minimum Gasteiger partial charge on any atom is -0.478 e. The van der Waals surface area contributed by atoms with Crippen molar-refractivity contribution in [3.8, 4) is 0 Å². The molecule has 0 bridgehead atoms. The van der Waals surface area contributed by atoms with Gasteiger partial charge in [0.1, 0.15) is 0 Å². The summed E-state index contributed by atoms with van der Waals surface area (Å²) < 4.78 is 0. The fourth-order valence-corrected chi connectivity index (χ4v) is 1.78. The zero-order valence-corrected chi connectivity index (χ0v) is 11.2. The highest BCUT2D eigenvalue weighted by Gasteiger charge is 2.07. The van der Waals surface area contributed by atoms with Crippen molar-refractivity contribution in [2.75, 3.05) is 5.43 Å². The van der Waals surface area contributed by atoms with Gasteiger partial charge in [-0.05, 0) is 29.7 Å². The van der Waals surface area contributed by atoms with E-state index in [9.17, 15) is 4.79 Å². The van der Waals surface area contributed by atoms with Crippen LogP contribution in [0.2, 0.25) is 0 Å². The van der Waals surface area contributed by atoms with Gasteiger partial charge in [0.15, 0.2) is 0 Å². The summed E-state index contributed by atoms with van der Waals surface area (Å²) in [6, 6.07) is 14.7. The molecule has 4 nitrogen and oxygen atoms in total. The van der Waals surface area contributed by atoms with Crippen molar-refractivity contribution < 1.29 is 9.90 Å². The molecular formula is C16H16N2O2. The molecule has 0 fully saturated rings. The van der Waals surface area contributed by atoms with Crippen molar-refractivity contribution in [2.24, 2.45) is 5.10 Å². The predicted molar refractivity (Wildman–Crippen MR) is 80.4 cm³/mol. The number of hydrogen-bond donors (Lipinski definition) is 2. The Balaban J connectivity index is 2.08. The average Bonchev–Trinajstić information content (AvgIpc) is 2.48. The van der Waals surface area contributed by atoms with Gasteiger partial charge in [0.25, 0.3) is 0 Å². The number of para-hydroxylation sites is 1. The number of carboxylic acids is 1. The molecule has 0 aliphatic carbocycles. The molecular weight excluding hydrogens is 252 g/mol. The molecule has 2 aromatic carbocycles. The Labute approximate surface area is 117 Å². The molecule has 0 spiro atoms. The van der Waals surface area contributed by atoms with Crippen molar-refractivity contribution in [3.05, 3.63) is 65.2 Å². The standard InChI is InChI=1S/C16H16N2O2/c1-2-12-7-9-13(10-8-12)11-17-18-15-6-4-3-5-14(15)16(19)20/h3-11,18H,2H2,1H3,(H,19,20)/b17-11+. The van der Waals surface area contributed by atoms with Crippen LogP contribution in [0.15, 0.2) is 53.6 Å². The molecule has 0 aromatic heterocycles. The second-order valence-electron chi connectivity index (χ2n) is 4.32. The molecule has 0 saturated carbocycles. The van der Waals surface area contributed by atoms with Gasteiger partial charge in [-0.25, -0.2) is 4.79 Å². The average molecular weight is 268 g/mol. The monoisotopic (exact) mass is 268 g/mol. The Morgan fingerprint density at radius 3 is 2.55 bits per heavy atom. The molecule has 0 heterocycles. The normalized spacial score (nSPS) is 10.7. The Morgan fingerprint density at radius 2 is 1.90 bits per heavy atom. The van der Waals surface area contributed by atoms with Gasteiger partial charge >= 0.3 is 5.97 Å². The maximum absolute atomic E-state index is 11.0. The molecule has 2 N–H and O–H groups in total. The number of benzene rings is 2. The third kappa shape index (κ3) is 3.45. The first-order chi connectivity index (χ1) is 9.70. The molecule has 0 unspecified atom stereocenters. The lowest BCUT2D eigenvalue weighted by molar-refractivity contribution is 0.0698. The van der Waals surface area contributed by atoms with Crippen molar-refractivity contribution in [1.82, 2.24) is 0 Å². The fourth-order valence-electron chi connectivity index (χ4n) is 1.78. The number of carbonyl (C=O) groups is 1. The number of anilines is 1. The minimum absolute atomic E-state index is 0.200. The van der Waals surface area contributed by atoms with Crippen molar-refractivity contribution in [2.45, 2.75) is 13.3 Å². The van der Waals surface area contributed by atoms with Gasteiger partial charge in [-0.2, -0.15) is 5.10 Å². The van der Waals surface area contributed by atoms with E-state index in [1.54, 1.807) is 24.4 Å². The molecule has 0 radical (unpaired) electrons. The van der Waals surface area contributed by atoms with E-state index in [0.717, 1.165) is 12.0 Å². The summed E-state index contributed by atoms with van der Waals surface area (Å²) in [4.78, 5) is 11.0. The number of rotatable bonds is 5. The molecule has 0 atom stereocenters. The Morgan fingerprint density at radius 1 is 1.20 bits per heavy atom. The molecule has 20 heavy (non-hydrogen) atoms. The maximum atomic E-state index is 11.0. The molecule has 0 saturated heterocycles. The zero-order chi connectivity index (χ0) is 14.4. The first-order valence-electron chi connectivity index (χ1n) is 6.41. The van der Waals surface area contributed by atoms with Crippen LogP contribution in [-0.2, 0) is 6.42 Å². The third-order valence-corrected chi connectivity index (χ3v) is 2.94. The highest BCUT2D eigenvalue weighted by atomic mass is 16.4. The summed E-state index contributed by atoms with van der Waals surface area (Å²) in [5.41, 5.74) is 5.66. The Bertz CT molecular complexity index is 619. The van der Waals surface area contributed by atoms with E-state index < -0.39 is 5.97 Å². The molecule has 0 aliphatic heterocycles. The first-order valence-corrected chi connectivity index (χ1v) is 6.41. The van der Waals surface area contributed by atoms with Crippen LogP contribution in [0.3, 0.4) is 0 Å². The lowest BCUT2D eigenvalue weighted by Gasteiger charge is -2.04. The zero-order valence-electron chi connectivity index (χ0n) is 11.2. The molecule has 102 valence electrons. The topological polar surface area (TPSA) is 61.7 Å². The van der Waals surface area contributed by atoms with Gasteiger partial charge in [0, 0.05) is 0 Å². The highest BCUT2D eigenvalue weighted by molar-refractivity contribution is 5.94. The van der Waals surface area contributed by atoms with Gasteiger partial charge in [-0.15, -0.1) is 0 Å². The molecule has 0 aliphatic rings. The van der Waals surface area contributed by atoms with E-state index in [2.05, 4.69) is 17.5 Å². The number of aromatic carboxylic acids is 1. The summed E-state index contributed by atoms with van der Waals surface area (Å²) in [6.07, 6.45) is 2.67. The molecule has 0 amide bonds. The van der Waals surface area contributed by atoms with E-state index in [1.807, 2.05) is 24.3 Å². The lowest BCUT2D eigenvalue weighted by Crippen LogP contribution is -2.02. The molecule has 2 rings (SSSR count). The number of aryl methyl sites for hydroxylation is 1. The number of nitrogens with zero attached hydrogens (tertiary/aromatic N) is 1. The SMILES string of the molecule is CCc1ccc(/C=N/Nc2ccccc2C(=O)O)cc1. The van der Waals surface area contributed by atoms with Gasteiger partial charge < -0.3 is 5.11 Å². The van der Waals surface area contributed by atoms with Crippen molar-refractivity contribution in [1.29, 1.82) is 0 Å². The fraction of sp³-hybridized carbons (Fsp3) is 0.125. The predicted octanol–water partition coefficient (Wildman–Crippen LogP) is 3.39. The summed E-state index contributed by atoms with van der Waals surface area (Å²) in [5.74, 6) is -0.976. The highest BCUT2D eigenvalue weighted by Crippen LogP contribution is 2.14. The van der Waals surface area contributed by atoms with Crippen LogP contribution in [0.4, 0.5) is 5.69 Å². The van der Waals surface area contributed by atoms with Crippen molar-refractivity contribution >= 4 is 17.9 Å². The van der Waals surface area contributed by atoms with Crippen LogP contribution < -0.4 is 5.43 Å². The minimum atomic E-state index is -0.976. The number of hydrazone groups is 1. The smallest absolute Gasteiger partial charge is 0.337 e. The van der Waals surface area contributed by atoms with Crippen LogP contribution in [0.25, 0.3) is 0 Å². The van der Waals surface area contributed by atoms with Gasteiger partial charge in [-0.1, -0.05) is 43.3 Å². The van der Waals surface area contributed by atoms with Gasteiger partial charge in [0.05, 0.1) is 17.5 Å². The van der Waals surface area contributed by atoms with E-state index in [1.165, 1.54) is 11.6 Å². The van der Waals surface area contributed by atoms with Crippen LogP contribution in [0, 0.1) is 0 Å². The van der Waals surface area contributed by atoms with Crippen LogP contribution in [0.5, 0.6) is 0 Å². The third-order valence-electron chi connectivity index (χ3n) is 2.94. The molecule has 2 aromatic rings. The molecule has 4 heteroatoms. The summed E-state index contributed by atoms with van der Waals surface area (Å²) >= 11 is 0. The summed E-state index contributed by atoms with van der Waals surface area (Å²) in [7, 11) is 0. The maximum Gasteiger partial charge on any atom is 0.337 e. The summed E-state index contributed by atoms with van der Waals surface area (Å²) in [5, 5.41) is 13.1. The van der Waals surface area contributed by atoms with Crippen LogP contribution in [0.1, 0.15) is 28.4 Å². The Hall–Kier alpha value is -2.62. The second-order valence-corrected chi connectivity index (χ2v) is 4.32. The lowest BCUT2D eigenvalue weighted by atomic mass is 10.1. The van der Waals surface area contributed by atoms with E-state index in [0.29, 0.717) is 5.69 Å². The van der Waals surface area contributed by atoms with E-state index in [4.69, 9.17) is 5.11 Å². The van der Waals surface area contributed by atoms with Crippen LogP contribution in [-0.4, -0.2) is 17.3 Å². The van der Waals surface area contributed by atoms with Crippen LogP contribution >= 0.6 is 0 Å². The van der Waals surface area contributed by atoms with Crippen molar-refractivity contribution in [3.63, 3.8) is 0 Å². The van der Waals surface area contributed by atoms with Gasteiger partial charge in [0.2, 0.25) is 0 Å². The number of carboxylic acid groups (broad SMARTS) is 1. The second kappa shape index (κ2) is 6.52. The largest absolute Gasteiger partial charge is 0.478 e. The first kappa shape index (κ1) is 13.8. The summed E-state index contributed by atoms with van der Waals surface area (Å²) in [6.45, 7) is 2.10. The number of nitrogens with one attached hydrogen (secondary N) is 1. The quantitative estimate of drug-likeness (QED) is 0.645. The Kier molecular flexibility index (Phi) is 4.50. The van der Waals surface area contributed by atoms with E-state index in [-0.39, 0.29) is 5.56 Å². The number of hydrogen-bond acceptors (Lipinski definition) is 3.